The van der Waals surface area contributed by atoms with Crippen LogP contribution in [0.25, 0.3) is 0 Å². The molecule has 1 aliphatic rings. The maximum absolute atomic E-state index is 10.4. The summed E-state index contributed by atoms with van der Waals surface area (Å²) in [5.74, 6) is -1.90. The zero-order valence-corrected chi connectivity index (χ0v) is 5.20. The van der Waals surface area contributed by atoms with Gasteiger partial charge in [0.05, 0.1) is 0 Å². The van der Waals surface area contributed by atoms with Crippen molar-refractivity contribution in [2.75, 3.05) is 13.2 Å². The van der Waals surface area contributed by atoms with Gasteiger partial charge in [-0.3, -0.25) is 0 Å². The van der Waals surface area contributed by atoms with Crippen molar-refractivity contribution in [3.63, 3.8) is 0 Å². The summed E-state index contributed by atoms with van der Waals surface area (Å²) in [4.78, 5) is 20.7. The van der Waals surface area contributed by atoms with E-state index in [-0.39, 0.29) is 13.2 Å². The minimum Gasteiger partial charge on any atom is -0.453 e. The Morgan fingerprint density at radius 3 is 2.70 bits per heavy atom. The molecule has 1 rings (SSSR count). The van der Waals surface area contributed by atoms with Crippen LogP contribution in [0.5, 0.6) is 0 Å². The minimum atomic E-state index is -0.957. The van der Waals surface area contributed by atoms with Crippen LogP contribution in [-0.4, -0.2) is 31.2 Å². The minimum absolute atomic E-state index is 0.0705. The van der Waals surface area contributed by atoms with E-state index < -0.39 is 18.0 Å². The van der Waals surface area contributed by atoms with Crippen LogP contribution in [0.4, 0.5) is 0 Å². The van der Waals surface area contributed by atoms with Crippen molar-refractivity contribution in [2.24, 2.45) is 5.73 Å². The van der Waals surface area contributed by atoms with E-state index in [4.69, 9.17) is 5.73 Å². The zero-order chi connectivity index (χ0) is 7.56. The van der Waals surface area contributed by atoms with E-state index in [2.05, 4.69) is 9.47 Å². The predicted octanol–water partition coefficient (Wildman–Crippen LogP) is -1.59. The van der Waals surface area contributed by atoms with Crippen molar-refractivity contribution in [2.45, 2.75) is 6.10 Å². The number of ether oxygens (including phenoxy) is 2. The highest BCUT2D eigenvalue weighted by Gasteiger charge is 2.28. The second-order valence-corrected chi connectivity index (χ2v) is 1.86. The highest BCUT2D eigenvalue weighted by molar-refractivity contribution is 6.30. The normalized spacial score (nSPS) is 25.5. The summed E-state index contributed by atoms with van der Waals surface area (Å²) in [6, 6.07) is 0. The smallest absolute Gasteiger partial charge is 0.417 e. The molecule has 0 bridgehead atoms. The molecule has 0 spiro atoms. The summed E-state index contributed by atoms with van der Waals surface area (Å²) >= 11 is 0. The summed E-state index contributed by atoms with van der Waals surface area (Å²) in [5, 5.41) is 0. The second kappa shape index (κ2) is 2.66. The van der Waals surface area contributed by atoms with E-state index >= 15 is 0 Å². The monoisotopic (exact) mass is 145 g/mol. The standard InChI is InChI=1S/C5H7NO4/c6-1-3-2-9-4(7)5(8)10-3/h3H,1-2,6H2. The molecule has 1 heterocycles. The van der Waals surface area contributed by atoms with Crippen molar-refractivity contribution in [1.82, 2.24) is 0 Å². The SMILES string of the molecule is NCC1COC(=O)C(=O)O1. The Kier molecular flexibility index (Phi) is 1.86. The Morgan fingerprint density at radius 1 is 1.50 bits per heavy atom. The lowest BCUT2D eigenvalue weighted by Crippen LogP contribution is -2.40. The Morgan fingerprint density at radius 2 is 2.20 bits per heavy atom. The van der Waals surface area contributed by atoms with Crippen molar-refractivity contribution >= 4 is 11.9 Å². The molecule has 10 heavy (non-hydrogen) atoms. The first-order valence-electron chi connectivity index (χ1n) is 2.82. The van der Waals surface area contributed by atoms with Crippen LogP contribution in [-0.2, 0) is 19.1 Å². The Hall–Kier alpha value is -1.10. The number of hydrogen-bond acceptors (Lipinski definition) is 5. The fourth-order valence-electron chi connectivity index (χ4n) is 0.577. The van der Waals surface area contributed by atoms with Crippen LogP contribution >= 0.6 is 0 Å². The van der Waals surface area contributed by atoms with Gasteiger partial charge >= 0.3 is 11.9 Å². The second-order valence-electron chi connectivity index (χ2n) is 1.86. The number of hydrogen-bond donors (Lipinski definition) is 1. The summed E-state index contributed by atoms with van der Waals surface area (Å²) in [6.45, 7) is 0.250. The molecule has 0 aromatic rings. The first kappa shape index (κ1) is 7.01. The molecule has 1 saturated heterocycles. The Bertz CT molecular complexity index is 167. The molecular formula is C5H7NO4. The summed E-state index contributed by atoms with van der Waals surface area (Å²) < 4.78 is 8.91. The fraction of sp³-hybridized carbons (Fsp3) is 0.600. The molecule has 0 saturated carbocycles. The van der Waals surface area contributed by atoms with Crippen LogP contribution in [0.2, 0.25) is 0 Å². The van der Waals surface area contributed by atoms with E-state index in [0.29, 0.717) is 0 Å². The first-order chi connectivity index (χ1) is 4.74. The van der Waals surface area contributed by atoms with E-state index in [9.17, 15) is 9.59 Å². The van der Waals surface area contributed by atoms with Crippen LogP contribution in [0, 0.1) is 0 Å². The van der Waals surface area contributed by atoms with Gasteiger partial charge in [-0.2, -0.15) is 0 Å². The van der Waals surface area contributed by atoms with E-state index in [0.717, 1.165) is 0 Å². The van der Waals surface area contributed by atoms with Gasteiger partial charge in [0, 0.05) is 6.54 Å². The highest BCUT2D eigenvalue weighted by Crippen LogP contribution is 2.00. The van der Waals surface area contributed by atoms with E-state index in [1.165, 1.54) is 0 Å². The Labute approximate surface area is 57.1 Å². The number of cyclic esters (lactones) is 2. The van der Waals surface area contributed by atoms with Crippen LogP contribution in [0.15, 0.2) is 0 Å². The lowest BCUT2D eigenvalue weighted by molar-refractivity contribution is -0.183. The summed E-state index contributed by atoms with van der Waals surface area (Å²) in [7, 11) is 0. The summed E-state index contributed by atoms with van der Waals surface area (Å²) in [5.41, 5.74) is 5.14. The van der Waals surface area contributed by atoms with Crippen LogP contribution in [0.3, 0.4) is 0 Å². The molecular weight excluding hydrogens is 138 g/mol. The molecule has 0 aromatic heterocycles. The maximum atomic E-state index is 10.4. The molecule has 0 aliphatic carbocycles. The lowest BCUT2D eigenvalue weighted by atomic mass is 10.3. The van der Waals surface area contributed by atoms with Crippen molar-refractivity contribution < 1.29 is 19.1 Å². The molecule has 1 fully saturated rings. The third-order valence-corrected chi connectivity index (χ3v) is 1.10. The largest absolute Gasteiger partial charge is 0.453 e. The average Bonchev–Trinajstić information content (AvgIpc) is 1.95. The molecule has 5 nitrogen and oxygen atoms in total. The fourth-order valence-corrected chi connectivity index (χ4v) is 0.577. The van der Waals surface area contributed by atoms with Crippen LogP contribution in [0.1, 0.15) is 0 Å². The Balaban J connectivity index is 2.48. The molecule has 1 unspecified atom stereocenters. The zero-order valence-electron chi connectivity index (χ0n) is 5.20. The van der Waals surface area contributed by atoms with Gasteiger partial charge in [0.1, 0.15) is 12.7 Å². The van der Waals surface area contributed by atoms with Crippen molar-refractivity contribution in [3.05, 3.63) is 0 Å². The summed E-state index contributed by atoms with van der Waals surface area (Å²) in [6.07, 6.45) is -0.467. The lowest BCUT2D eigenvalue weighted by Gasteiger charge is -2.19. The van der Waals surface area contributed by atoms with E-state index in [1.54, 1.807) is 0 Å². The number of nitrogens with two attached hydrogens (primary N) is 1. The number of rotatable bonds is 1. The topological polar surface area (TPSA) is 78.6 Å². The third kappa shape index (κ3) is 1.24. The molecule has 0 radical (unpaired) electrons. The predicted molar refractivity (Wildman–Crippen MR) is 29.9 cm³/mol. The molecule has 1 atom stereocenters. The van der Waals surface area contributed by atoms with Crippen molar-refractivity contribution in [3.8, 4) is 0 Å². The molecule has 0 amide bonds. The highest BCUT2D eigenvalue weighted by atomic mass is 16.6. The molecule has 1 aliphatic heterocycles. The van der Waals surface area contributed by atoms with Crippen molar-refractivity contribution in [1.29, 1.82) is 0 Å². The molecule has 5 heteroatoms. The van der Waals surface area contributed by atoms with Gasteiger partial charge in [-0.1, -0.05) is 0 Å². The van der Waals surface area contributed by atoms with Gasteiger partial charge < -0.3 is 15.2 Å². The van der Waals surface area contributed by atoms with Crippen LogP contribution < -0.4 is 5.73 Å². The van der Waals surface area contributed by atoms with Gasteiger partial charge in [-0.15, -0.1) is 0 Å². The van der Waals surface area contributed by atoms with Gasteiger partial charge in [0.25, 0.3) is 0 Å². The quantitative estimate of drug-likeness (QED) is 0.355. The number of carbonyl (C=O) groups excluding carboxylic acids is 2. The molecule has 0 aromatic carbocycles. The average molecular weight is 145 g/mol. The number of carbonyl (C=O) groups is 2. The number of esters is 2. The van der Waals surface area contributed by atoms with E-state index in [1.807, 2.05) is 0 Å². The maximum Gasteiger partial charge on any atom is 0.417 e. The van der Waals surface area contributed by atoms with Gasteiger partial charge in [0.2, 0.25) is 0 Å². The molecule has 56 valence electrons. The van der Waals surface area contributed by atoms with Gasteiger partial charge in [-0.25, -0.2) is 9.59 Å². The first-order valence-corrected chi connectivity index (χ1v) is 2.82. The van der Waals surface area contributed by atoms with Gasteiger partial charge in [-0.05, 0) is 0 Å². The molecule has 2 N–H and O–H groups in total. The van der Waals surface area contributed by atoms with Gasteiger partial charge in [0.15, 0.2) is 0 Å². The third-order valence-electron chi connectivity index (χ3n) is 1.10.